The Bertz CT molecular complexity index is 535. The molecule has 2 rings (SSSR count). The van der Waals surface area contributed by atoms with Crippen LogP contribution in [-0.4, -0.2) is 12.2 Å². The van der Waals surface area contributed by atoms with Gasteiger partial charge in [-0.05, 0) is 41.8 Å². The summed E-state index contributed by atoms with van der Waals surface area (Å²) in [5, 5.41) is 13.0. The van der Waals surface area contributed by atoms with Crippen LogP contribution in [0, 0.1) is 0 Å². The van der Waals surface area contributed by atoms with Crippen molar-refractivity contribution in [3.63, 3.8) is 0 Å². The van der Waals surface area contributed by atoms with E-state index in [4.69, 9.17) is 4.74 Å². The van der Waals surface area contributed by atoms with Crippen LogP contribution >= 0.6 is 0 Å². The zero-order valence-corrected chi connectivity index (χ0v) is 11.3. The number of hydrogen-bond acceptors (Lipinski definition) is 3. The molecule has 0 unspecified atom stereocenters. The smallest absolute Gasteiger partial charge is 0.160 e. The minimum atomic E-state index is 0.170. The Morgan fingerprint density at radius 3 is 2.32 bits per heavy atom. The second kappa shape index (κ2) is 6.14. The van der Waals surface area contributed by atoms with Crippen LogP contribution in [0.2, 0.25) is 0 Å². The van der Waals surface area contributed by atoms with Crippen molar-refractivity contribution in [1.82, 2.24) is 0 Å². The van der Waals surface area contributed by atoms with E-state index in [1.54, 1.807) is 19.2 Å². The van der Waals surface area contributed by atoms with Gasteiger partial charge in [0.2, 0.25) is 0 Å². The maximum absolute atomic E-state index is 9.70. The predicted octanol–water partition coefficient (Wildman–Crippen LogP) is 3.58. The number of phenolic OH excluding ortho intramolecular Hbond substituents is 1. The molecule has 0 bridgehead atoms. The van der Waals surface area contributed by atoms with Crippen molar-refractivity contribution >= 4 is 5.69 Å². The fourth-order valence-electron chi connectivity index (χ4n) is 1.91. The fraction of sp³-hybridized carbons (Fsp3) is 0.250. The third-order valence-corrected chi connectivity index (χ3v) is 3.10. The predicted molar refractivity (Wildman–Crippen MR) is 77.8 cm³/mol. The highest BCUT2D eigenvalue weighted by Crippen LogP contribution is 2.26. The van der Waals surface area contributed by atoms with Crippen molar-refractivity contribution < 1.29 is 9.84 Å². The lowest BCUT2D eigenvalue weighted by Crippen LogP contribution is -1.99. The molecular formula is C16H19NO2. The van der Waals surface area contributed by atoms with E-state index < -0.39 is 0 Å². The number of anilines is 1. The molecule has 0 amide bonds. The molecule has 19 heavy (non-hydrogen) atoms. The number of methoxy groups -OCH3 is 1. The van der Waals surface area contributed by atoms with E-state index in [0.717, 1.165) is 17.7 Å². The third-order valence-electron chi connectivity index (χ3n) is 3.10. The largest absolute Gasteiger partial charge is 0.504 e. The summed E-state index contributed by atoms with van der Waals surface area (Å²) in [6.07, 6.45) is 1.05. The zero-order valence-electron chi connectivity index (χ0n) is 11.3. The quantitative estimate of drug-likeness (QED) is 0.860. The summed E-state index contributed by atoms with van der Waals surface area (Å²) < 4.78 is 5.02. The van der Waals surface area contributed by atoms with E-state index in [9.17, 15) is 5.11 Å². The van der Waals surface area contributed by atoms with E-state index in [0.29, 0.717) is 12.3 Å². The number of phenols is 1. The first-order valence-corrected chi connectivity index (χ1v) is 6.41. The molecule has 0 atom stereocenters. The first-order valence-electron chi connectivity index (χ1n) is 6.41. The van der Waals surface area contributed by atoms with E-state index in [1.807, 2.05) is 6.07 Å². The SMILES string of the molecule is CCc1ccc(NCc2ccc(OC)c(O)c2)cc1. The number of rotatable bonds is 5. The fourth-order valence-corrected chi connectivity index (χ4v) is 1.91. The lowest BCUT2D eigenvalue weighted by atomic mass is 10.1. The molecule has 2 N–H and O–H groups in total. The normalized spacial score (nSPS) is 10.2. The molecule has 0 spiro atoms. The van der Waals surface area contributed by atoms with Gasteiger partial charge in [-0.2, -0.15) is 0 Å². The molecule has 0 aliphatic rings. The average Bonchev–Trinajstić information content (AvgIpc) is 2.46. The summed E-state index contributed by atoms with van der Waals surface area (Å²) in [6, 6.07) is 13.8. The molecule has 0 fully saturated rings. The molecule has 3 nitrogen and oxygen atoms in total. The maximum atomic E-state index is 9.70. The van der Waals surface area contributed by atoms with Gasteiger partial charge in [-0.3, -0.25) is 0 Å². The van der Waals surface area contributed by atoms with Gasteiger partial charge >= 0.3 is 0 Å². The highest BCUT2D eigenvalue weighted by atomic mass is 16.5. The molecule has 0 saturated heterocycles. The topological polar surface area (TPSA) is 41.5 Å². The van der Waals surface area contributed by atoms with Crippen LogP contribution in [-0.2, 0) is 13.0 Å². The highest BCUT2D eigenvalue weighted by molar-refractivity contribution is 5.47. The Hall–Kier alpha value is -2.16. The summed E-state index contributed by atoms with van der Waals surface area (Å²) in [7, 11) is 1.54. The molecule has 0 aliphatic carbocycles. The van der Waals surface area contributed by atoms with Crippen molar-refractivity contribution in [2.75, 3.05) is 12.4 Å². The first-order chi connectivity index (χ1) is 9.22. The summed E-state index contributed by atoms with van der Waals surface area (Å²) in [4.78, 5) is 0. The molecule has 0 radical (unpaired) electrons. The van der Waals surface area contributed by atoms with Crippen molar-refractivity contribution in [3.8, 4) is 11.5 Å². The van der Waals surface area contributed by atoms with Crippen LogP contribution in [0.5, 0.6) is 11.5 Å². The molecule has 2 aromatic carbocycles. The van der Waals surface area contributed by atoms with E-state index in [1.165, 1.54) is 5.56 Å². The second-order valence-electron chi connectivity index (χ2n) is 4.41. The minimum Gasteiger partial charge on any atom is -0.504 e. The summed E-state index contributed by atoms with van der Waals surface area (Å²) in [6.45, 7) is 2.81. The van der Waals surface area contributed by atoms with Crippen molar-refractivity contribution in [3.05, 3.63) is 53.6 Å². The van der Waals surface area contributed by atoms with E-state index >= 15 is 0 Å². The Balaban J connectivity index is 1.99. The van der Waals surface area contributed by atoms with Crippen LogP contribution in [0.1, 0.15) is 18.1 Å². The van der Waals surface area contributed by atoms with Crippen LogP contribution in [0.3, 0.4) is 0 Å². The molecule has 2 aromatic rings. The highest BCUT2D eigenvalue weighted by Gasteiger charge is 2.02. The van der Waals surface area contributed by atoms with Gasteiger partial charge < -0.3 is 15.2 Å². The van der Waals surface area contributed by atoms with Crippen LogP contribution in [0.15, 0.2) is 42.5 Å². The lowest BCUT2D eigenvalue weighted by molar-refractivity contribution is 0.373. The third kappa shape index (κ3) is 3.41. The van der Waals surface area contributed by atoms with E-state index in [-0.39, 0.29) is 5.75 Å². The number of benzene rings is 2. The summed E-state index contributed by atoms with van der Waals surface area (Å²) >= 11 is 0. The monoisotopic (exact) mass is 257 g/mol. The van der Waals surface area contributed by atoms with Gasteiger partial charge in [-0.1, -0.05) is 25.1 Å². The van der Waals surface area contributed by atoms with Crippen molar-refractivity contribution in [2.45, 2.75) is 19.9 Å². The van der Waals surface area contributed by atoms with Gasteiger partial charge in [0.15, 0.2) is 11.5 Å². The van der Waals surface area contributed by atoms with Gasteiger partial charge in [0.1, 0.15) is 0 Å². The first kappa shape index (κ1) is 13.3. The number of aryl methyl sites for hydroxylation is 1. The molecule has 0 saturated carbocycles. The van der Waals surface area contributed by atoms with Gasteiger partial charge in [0.25, 0.3) is 0 Å². The average molecular weight is 257 g/mol. The molecule has 0 aliphatic heterocycles. The van der Waals surface area contributed by atoms with Crippen LogP contribution < -0.4 is 10.1 Å². The van der Waals surface area contributed by atoms with Crippen molar-refractivity contribution in [2.24, 2.45) is 0 Å². The van der Waals surface area contributed by atoms with Gasteiger partial charge in [-0.15, -0.1) is 0 Å². The van der Waals surface area contributed by atoms with Crippen molar-refractivity contribution in [1.29, 1.82) is 0 Å². The molecule has 0 heterocycles. The lowest BCUT2D eigenvalue weighted by Gasteiger charge is -2.09. The zero-order chi connectivity index (χ0) is 13.7. The second-order valence-corrected chi connectivity index (χ2v) is 4.41. The number of nitrogens with one attached hydrogen (secondary N) is 1. The maximum Gasteiger partial charge on any atom is 0.160 e. The Kier molecular flexibility index (Phi) is 4.29. The van der Waals surface area contributed by atoms with Gasteiger partial charge in [0, 0.05) is 12.2 Å². The van der Waals surface area contributed by atoms with Crippen LogP contribution in [0.4, 0.5) is 5.69 Å². The summed E-state index contributed by atoms with van der Waals surface area (Å²) in [5.41, 5.74) is 3.41. The number of hydrogen-bond donors (Lipinski definition) is 2. The number of ether oxygens (including phenoxy) is 1. The standard InChI is InChI=1S/C16H19NO2/c1-3-12-4-7-14(8-5-12)17-11-13-6-9-16(19-2)15(18)10-13/h4-10,17-18H,3,11H2,1-2H3. The molecule has 3 heteroatoms. The Morgan fingerprint density at radius 1 is 1.05 bits per heavy atom. The minimum absolute atomic E-state index is 0.170. The molecular weight excluding hydrogens is 238 g/mol. The van der Waals surface area contributed by atoms with Crippen LogP contribution in [0.25, 0.3) is 0 Å². The Labute approximate surface area is 113 Å². The van der Waals surface area contributed by atoms with Gasteiger partial charge in [0.05, 0.1) is 7.11 Å². The molecule has 0 aromatic heterocycles. The molecule has 100 valence electrons. The van der Waals surface area contributed by atoms with E-state index in [2.05, 4.69) is 36.5 Å². The van der Waals surface area contributed by atoms with Gasteiger partial charge in [-0.25, -0.2) is 0 Å². The summed E-state index contributed by atoms with van der Waals surface area (Å²) in [5.74, 6) is 0.666. The number of aromatic hydroxyl groups is 1. The Morgan fingerprint density at radius 2 is 1.74 bits per heavy atom.